The second-order valence-corrected chi connectivity index (χ2v) is 4.50. The van der Waals surface area contributed by atoms with Crippen LogP contribution in [0.4, 0.5) is 5.69 Å². The molecule has 5 heteroatoms. The van der Waals surface area contributed by atoms with Crippen molar-refractivity contribution in [3.05, 3.63) is 47.3 Å². The summed E-state index contributed by atoms with van der Waals surface area (Å²) in [5.41, 5.74) is 9.35. The number of nitrogen functional groups attached to an aromatic ring is 1. The maximum Gasteiger partial charge on any atom is 0.328 e. The van der Waals surface area contributed by atoms with Crippen LogP contribution in [0, 0.1) is 13.8 Å². The summed E-state index contributed by atoms with van der Waals surface area (Å²) in [6, 6.07) is 6.00. The van der Waals surface area contributed by atoms with Crippen molar-refractivity contribution in [2.24, 2.45) is 0 Å². The van der Waals surface area contributed by atoms with Gasteiger partial charge in [0.2, 0.25) is 0 Å². The fourth-order valence-electron chi connectivity index (χ4n) is 1.87. The van der Waals surface area contributed by atoms with Gasteiger partial charge in [-0.3, -0.25) is 9.48 Å². The first-order valence-corrected chi connectivity index (χ1v) is 6.05. The Labute approximate surface area is 112 Å². The van der Waals surface area contributed by atoms with E-state index < -0.39 is 0 Å². The topological polar surface area (TPSA) is 70.1 Å². The molecule has 0 spiro atoms. The van der Waals surface area contributed by atoms with Crippen molar-refractivity contribution in [3.8, 4) is 0 Å². The van der Waals surface area contributed by atoms with Crippen LogP contribution in [-0.4, -0.2) is 15.7 Å². The van der Waals surface area contributed by atoms with Crippen LogP contribution in [-0.2, 0) is 22.7 Å². The van der Waals surface area contributed by atoms with Crippen LogP contribution in [0.25, 0.3) is 0 Å². The monoisotopic (exact) mass is 259 g/mol. The Balaban J connectivity index is 1.93. The van der Waals surface area contributed by atoms with Gasteiger partial charge in [-0.1, -0.05) is 18.2 Å². The van der Waals surface area contributed by atoms with E-state index in [1.165, 1.54) is 10.9 Å². The molecule has 2 rings (SSSR count). The average molecular weight is 259 g/mol. The molecule has 0 unspecified atom stereocenters. The number of nitrogens with zero attached hydrogens (tertiary/aromatic N) is 2. The Bertz CT molecular complexity index is 570. The first kappa shape index (κ1) is 13.1. The molecule has 1 aromatic heterocycles. The Morgan fingerprint density at radius 3 is 2.63 bits per heavy atom. The second kappa shape index (κ2) is 5.56. The summed E-state index contributed by atoms with van der Waals surface area (Å²) in [6.45, 7) is 4.37. The molecule has 19 heavy (non-hydrogen) atoms. The molecular weight excluding hydrogens is 242 g/mol. The summed E-state index contributed by atoms with van der Waals surface area (Å²) >= 11 is 0. The Hall–Kier alpha value is -2.30. The highest BCUT2D eigenvalue weighted by Crippen LogP contribution is 2.14. The summed E-state index contributed by atoms with van der Waals surface area (Å²) in [5, 5.41) is 3.94. The fraction of sp³-hybridized carbons (Fsp3) is 0.286. The van der Waals surface area contributed by atoms with E-state index in [4.69, 9.17) is 10.5 Å². The van der Waals surface area contributed by atoms with Crippen molar-refractivity contribution < 1.29 is 9.53 Å². The molecule has 0 atom stereocenters. The zero-order valence-corrected chi connectivity index (χ0v) is 11.1. The molecule has 0 aliphatic rings. The van der Waals surface area contributed by atoms with Gasteiger partial charge < -0.3 is 10.5 Å². The molecule has 0 aliphatic carbocycles. The van der Waals surface area contributed by atoms with Gasteiger partial charge in [-0.25, -0.2) is 0 Å². The van der Waals surface area contributed by atoms with Gasteiger partial charge in [0.05, 0.1) is 11.9 Å². The molecule has 5 nitrogen and oxygen atoms in total. The summed E-state index contributed by atoms with van der Waals surface area (Å²) < 4.78 is 6.72. The Kier molecular flexibility index (Phi) is 3.85. The van der Waals surface area contributed by atoms with Gasteiger partial charge in [0.1, 0.15) is 13.2 Å². The number of hydrogen-bond donors (Lipinski definition) is 1. The lowest BCUT2D eigenvalue weighted by molar-refractivity contribution is -0.145. The Morgan fingerprint density at radius 1 is 1.37 bits per heavy atom. The number of anilines is 1. The lowest BCUT2D eigenvalue weighted by atomic mass is 10.0. The number of aromatic nitrogens is 2. The highest BCUT2D eigenvalue weighted by molar-refractivity contribution is 5.69. The first-order chi connectivity index (χ1) is 9.06. The largest absolute Gasteiger partial charge is 0.459 e. The number of nitrogens with two attached hydrogens (primary N) is 1. The van der Waals surface area contributed by atoms with E-state index >= 15 is 0 Å². The molecule has 2 aromatic rings. The van der Waals surface area contributed by atoms with Crippen LogP contribution in [0.2, 0.25) is 0 Å². The zero-order valence-electron chi connectivity index (χ0n) is 11.1. The number of benzene rings is 1. The zero-order chi connectivity index (χ0) is 13.8. The van der Waals surface area contributed by atoms with Crippen LogP contribution in [0.5, 0.6) is 0 Å². The summed E-state index contributed by atoms with van der Waals surface area (Å²) in [4.78, 5) is 11.7. The van der Waals surface area contributed by atoms with Gasteiger partial charge in [0.15, 0.2) is 0 Å². The minimum Gasteiger partial charge on any atom is -0.459 e. The smallest absolute Gasteiger partial charge is 0.328 e. The highest BCUT2D eigenvalue weighted by Gasteiger charge is 2.08. The summed E-state index contributed by atoms with van der Waals surface area (Å²) in [5.74, 6) is -0.328. The van der Waals surface area contributed by atoms with Crippen LogP contribution in [0.3, 0.4) is 0 Å². The highest BCUT2D eigenvalue weighted by atomic mass is 16.5. The van der Waals surface area contributed by atoms with Gasteiger partial charge in [-0.15, -0.1) is 0 Å². The van der Waals surface area contributed by atoms with Gasteiger partial charge >= 0.3 is 5.97 Å². The molecule has 0 amide bonds. The van der Waals surface area contributed by atoms with Crippen LogP contribution < -0.4 is 5.73 Å². The predicted molar refractivity (Wildman–Crippen MR) is 72.4 cm³/mol. The third-order valence-corrected chi connectivity index (χ3v) is 2.97. The molecule has 0 radical (unpaired) electrons. The lowest BCUT2D eigenvalue weighted by Crippen LogP contribution is -2.14. The third kappa shape index (κ3) is 3.34. The summed E-state index contributed by atoms with van der Waals surface area (Å²) in [7, 11) is 0. The van der Waals surface area contributed by atoms with Crippen molar-refractivity contribution >= 4 is 11.7 Å². The number of hydrogen-bond acceptors (Lipinski definition) is 4. The van der Waals surface area contributed by atoms with Crippen molar-refractivity contribution in [3.63, 3.8) is 0 Å². The molecule has 1 heterocycles. The van der Waals surface area contributed by atoms with E-state index in [0.717, 1.165) is 16.7 Å². The predicted octanol–water partition coefficient (Wildman–Crippen LogP) is 1.83. The Morgan fingerprint density at radius 2 is 2.05 bits per heavy atom. The quantitative estimate of drug-likeness (QED) is 0.850. The van der Waals surface area contributed by atoms with E-state index in [-0.39, 0.29) is 19.1 Å². The van der Waals surface area contributed by atoms with Crippen LogP contribution >= 0.6 is 0 Å². The van der Waals surface area contributed by atoms with Crippen LogP contribution in [0.15, 0.2) is 30.6 Å². The molecule has 100 valence electrons. The number of rotatable bonds is 4. The molecular formula is C14H17N3O2. The number of carbonyl (C=O) groups excluding carboxylic acids is 1. The number of ether oxygens (including phenoxy) is 1. The van der Waals surface area contributed by atoms with Crippen molar-refractivity contribution in [1.29, 1.82) is 0 Å². The molecule has 0 bridgehead atoms. The second-order valence-electron chi connectivity index (χ2n) is 4.50. The van der Waals surface area contributed by atoms with Gasteiger partial charge in [0.25, 0.3) is 0 Å². The van der Waals surface area contributed by atoms with Crippen molar-refractivity contribution in [2.75, 3.05) is 5.73 Å². The van der Waals surface area contributed by atoms with E-state index in [1.54, 1.807) is 6.20 Å². The number of esters is 1. The van der Waals surface area contributed by atoms with Crippen molar-refractivity contribution in [1.82, 2.24) is 9.78 Å². The van der Waals surface area contributed by atoms with Gasteiger partial charge in [-0.05, 0) is 30.5 Å². The first-order valence-electron chi connectivity index (χ1n) is 6.05. The minimum absolute atomic E-state index is 0.0716. The van der Waals surface area contributed by atoms with Gasteiger partial charge in [0, 0.05) is 6.20 Å². The van der Waals surface area contributed by atoms with Gasteiger partial charge in [-0.2, -0.15) is 5.10 Å². The average Bonchev–Trinajstić information content (AvgIpc) is 2.74. The molecule has 1 aromatic carbocycles. The molecule has 0 fully saturated rings. The van der Waals surface area contributed by atoms with E-state index in [2.05, 4.69) is 5.10 Å². The summed E-state index contributed by atoms with van der Waals surface area (Å²) in [6.07, 6.45) is 3.10. The number of carbonyl (C=O) groups is 1. The van der Waals surface area contributed by atoms with E-state index in [9.17, 15) is 4.79 Å². The molecule has 0 aliphatic heterocycles. The molecule has 0 saturated carbocycles. The fourth-order valence-corrected chi connectivity index (χ4v) is 1.87. The van der Waals surface area contributed by atoms with E-state index in [1.807, 2.05) is 32.0 Å². The van der Waals surface area contributed by atoms with Crippen molar-refractivity contribution in [2.45, 2.75) is 27.0 Å². The third-order valence-electron chi connectivity index (χ3n) is 2.97. The molecule has 0 saturated heterocycles. The van der Waals surface area contributed by atoms with Crippen LogP contribution in [0.1, 0.15) is 16.7 Å². The normalized spacial score (nSPS) is 10.4. The minimum atomic E-state index is -0.328. The standard InChI is InChI=1S/C14H17N3O2/c1-10-4-3-5-11(2)13(10)9-19-14(18)8-17-7-12(15)6-16-17/h3-7H,8-9,15H2,1-2H3. The molecule has 2 N–H and O–H groups in total. The maximum absolute atomic E-state index is 11.7. The maximum atomic E-state index is 11.7. The lowest BCUT2D eigenvalue weighted by Gasteiger charge is -2.10. The number of aryl methyl sites for hydroxylation is 2. The van der Waals surface area contributed by atoms with E-state index in [0.29, 0.717) is 5.69 Å². The SMILES string of the molecule is Cc1cccc(C)c1COC(=O)Cn1cc(N)cn1.